The number of oxime groups is 1. The SMILES string of the molecule is COc1ccc(Br)c2c1C(=NOC(=O)C13CC4CC(CC(C4)C1)C3)CC2. The molecule has 5 aliphatic carbocycles. The monoisotopic (exact) mass is 417 g/mol. The number of fused-ring (bicyclic) bond motifs is 1. The predicted octanol–water partition coefficient (Wildman–Crippen LogP) is 4.87. The fourth-order valence-corrected chi connectivity index (χ4v) is 6.87. The van der Waals surface area contributed by atoms with E-state index in [2.05, 4.69) is 21.1 Å². The van der Waals surface area contributed by atoms with Crippen molar-refractivity contribution in [3.8, 4) is 5.75 Å². The first-order valence-electron chi connectivity index (χ1n) is 9.72. The molecule has 0 amide bonds. The van der Waals surface area contributed by atoms with Gasteiger partial charge in [-0.25, -0.2) is 4.79 Å². The molecule has 4 fully saturated rings. The molecule has 5 aliphatic rings. The molecular formula is C21H24BrNO3. The average Bonchev–Trinajstić information content (AvgIpc) is 3.04. The van der Waals surface area contributed by atoms with E-state index in [1.807, 2.05) is 12.1 Å². The Bertz CT molecular complexity index is 765. The number of halogens is 1. The van der Waals surface area contributed by atoms with Gasteiger partial charge in [0, 0.05) is 10.0 Å². The molecule has 26 heavy (non-hydrogen) atoms. The summed E-state index contributed by atoms with van der Waals surface area (Å²) in [6.07, 6.45) is 8.65. The number of nitrogens with zero attached hydrogens (tertiary/aromatic N) is 1. The summed E-state index contributed by atoms with van der Waals surface area (Å²) in [6, 6.07) is 3.94. The van der Waals surface area contributed by atoms with Crippen LogP contribution in [0.5, 0.6) is 5.75 Å². The molecule has 4 nitrogen and oxygen atoms in total. The van der Waals surface area contributed by atoms with E-state index in [-0.39, 0.29) is 11.4 Å². The summed E-state index contributed by atoms with van der Waals surface area (Å²) in [5, 5.41) is 4.34. The molecule has 0 aromatic heterocycles. The van der Waals surface area contributed by atoms with Crippen molar-refractivity contribution >= 4 is 27.6 Å². The minimum absolute atomic E-state index is 0.0912. The minimum Gasteiger partial charge on any atom is -0.496 e. The third-order valence-corrected chi connectivity index (χ3v) is 7.79. The molecule has 4 bridgehead atoms. The van der Waals surface area contributed by atoms with Crippen LogP contribution in [-0.4, -0.2) is 18.8 Å². The molecule has 6 rings (SSSR count). The number of hydrogen-bond acceptors (Lipinski definition) is 4. The van der Waals surface area contributed by atoms with Crippen LogP contribution in [0.1, 0.15) is 56.1 Å². The lowest BCUT2D eigenvalue weighted by molar-refractivity contribution is -0.171. The maximum absolute atomic E-state index is 13.0. The van der Waals surface area contributed by atoms with Gasteiger partial charge in [0.05, 0.1) is 18.2 Å². The Morgan fingerprint density at radius 1 is 1.12 bits per heavy atom. The second-order valence-electron chi connectivity index (χ2n) is 8.72. The fourth-order valence-electron chi connectivity index (χ4n) is 6.35. The predicted molar refractivity (Wildman–Crippen MR) is 102 cm³/mol. The molecule has 0 spiro atoms. The van der Waals surface area contributed by atoms with Gasteiger partial charge in [0.2, 0.25) is 0 Å². The highest BCUT2D eigenvalue weighted by molar-refractivity contribution is 9.10. The Morgan fingerprint density at radius 3 is 2.38 bits per heavy atom. The zero-order valence-electron chi connectivity index (χ0n) is 15.1. The number of carbonyl (C=O) groups is 1. The van der Waals surface area contributed by atoms with E-state index in [1.165, 1.54) is 24.8 Å². The van der Waals surface area contributed by atoms with Crippen LogP contribution in [-0.2, 0) is 16.1 Å². The zero-order valence-corrected chi connectivity index (χ0v) is 16.7. The number of hydrogen-bond donors (Lipinski definition) is 0. The van der Waals surface area contributed by atoms with Crippen molar-refractivity contribution < 1.29 is 14.4 Å². The average molecular weight is 418 g/mol. The van der Waals surface area contributed by atoms with Gasteiger partial charge in [-0.3, -0.25) is 0 Å². The highest BCUT2D eigenvalue weighted by Crippen LogP contribution is 2.60. The first-order valence-corrected chi connectivity index (χ1v) is 10.5. The second kappa shape index (κ2) is 6.08. The van der Waals surface area contributed by atoms with E-state index in [1.54, 1.807) is 7.11 Å². The van der Waals surface area contributed by atoms with Gasteiger partial charge in [-0.2, -0.15) is 0 Å². The van der Waals surface area contributed by atoms with E-state index in [4.69, 9.17) is 9.57 Å². The Morgan fingerprint density at radius 2 is 1.77 bits per heavy atom. The molecule has 0 unspecified atom stereocenters. The molecule has 0 atom stereocenters. The van der Waals surface area contributed by atoms with Crippen LogP contribution in [0.15, 0.2) is 21.8 Å². The van der Waals surface area contributed by atoms with Gasteiger partial charge in [0.1, 0.15) is 5.75 Å². The highest BCUT2D eigenvalue weighted by atomic mass is 79.9. The molecule has 0 heterocycles. The Hall–Kier alpha value is -1.36. The minimum atomic E-state index is -0.262. The molecule has 1 aromatic carbocycles. The maximum Gasteiger partial charge on any atom is 0.341 e. The van der Waals surface area contributed by atoms with E-state index in [0.717, 1.165) is 71.4 Å². The van der Waals surface area contributed by atoms with Gasteiger partial charge in [-0.15, -0.1) is 0 Å². The maximum atomic E-state index is 13.0. The number of ether oxygens (including phenoxy) is 1. The van der Waals surface area contributed by atoms with Gasteiger partial charge in [-0.05, 0) is 86.8 Å². The zero-order chi connectivity index (χ0) is 17.9. The van der Waals surface area contributed by atoms with Crippen LogP contribution in [0.2, 0.25) is 0 Å². The van der Waals surface area contributed by atoms with Crippen LogP contribution in [0, 0.1) is 23.2 Å². The van der Waals surface area contributed by atoms with Crippen molar-refractivity contribution in [2.45, 2.75) is 51.4 Å². The first-order chi connectivity index (χ1) is 12.6. The van der Waals surface area contributed by atoms with Crippen molar-refractivity contribution in [2.24, 2.45) is 28.3 Å². The summed E-state index contributed by atoms with van der Waals surface area (Å²) < 4.78 is 6.57. The molecular weight excluding hydrogens is 394 g/mol. The number of rotatable bonds is 3. The summed E-state index contributed by atoms with van der Waals surface area (Å²) in [5.41, 5.74) is 2.74. The molecule has 138 valence electrons. The van der Waals surface area contributed by atoms with Crippen LogP contribution < -0.4 is 4.74 Å². The van der Waals surface area contributed by atoms with Crippen LogP contribution in [0.3, 0.4) is 0 Å². The van der Waals surface area contributed by atoms with E-state index in [9.17, 15) is 4.79 Å². The van der Waals surface area contributed by atoms with Crippen molar-refractivity contribution in [1.29, 1.82) is 0 Å². The molecule has 0 saturated heterocycles. The van der Waals surface area contributed by atoms with Crippen LogP contribution in [0.25, 0.3) is 0 Å². The van der Waals surface area contributed by atoms with Crippen LogP contribution >= 0.6 is 15.9 Å². The summed E-state index contributed by atoms with van der Waals surface area (Å²) in [5.74, 6) is 2.89. The molecule has 5 heteroatoms. The molecule has 0 radical (unpaired) electrons. The normalized spacial score (nSPS) is 35.6. The third kappa shape index (κ3) is 2.54. The number of methoxy groups -OCH3 is 1. The van der Waals surface area contributed by atoms with Crippen LogP contribution in [0.4, 0.5) is 0 Å². The molecule has 4 saturated carbocycles. The van der Waals surface area contributed by atoms with Gasteiger partial charge in [0.15, 0.2) is 0 Å². The lowest BCUT2D eigenvalue weighted by atomic mass is 9.49. The number of benzene rings is 1. The van der Waals surface area contributed by atoms with Gasteiger partial charge in [-0.1, -0.05) is 21.1 Å². The summed E-state index contributed by atoms with van der Waals surface area (Å²) >= 11 is 3.61. The van der Waals surface area contributed by atoms with E-state index in [0.29, 0.717) is 0 Å². The fraction of sp³-hybridized carbons (Fsp3) is 0.619. The third-order valence-electron chi connectivity index (χ3n) is 7.05. The largest absolute Gasteiger partial charge is 0.496 e. The Balaban J connectivity index is 1.39. The lowest BCUT2D eigenvalue weighted by Gasteiger charge is -2.54. The molecule has 0 aliphatic heterocycles. The smallest absolute Gasteiger partial charge is 0.341 e. The second-order valence-corrected chi connectivity index (χ2v) is 9.57. The highest BCUT2D eigenvalue weighted by Gasteiger charge is 2.55. The molecule has 1 aromatic rings. The standard InChI is InChI=1S/C21H24BrNO3/c1-25-18-5-3-16(22)15-2-4-17(19(15)18)23-26-20(24)21-9-12-6-13(10-21)8-14(7-12)11-21/h3,5,12-14H,2,4,6-11H2,1H3. The summed E-state index contributed by atoms with van der Waals surface area (Å²) in [4.78, 5) is 18.6. The van der Waals surface area contributed by atoms with Crippen molar-refractivity contribution in [1.82, 2.24) is 0 Å². The Labute approximate surface area is 162 Å². The van der Waals surface area contributed by atoms with Gasteiger partial charge in [0.25, 0.3) is 0 Å². The van der Waals surface area contributed by atoms with Gasteiger partial charge >= 0.3 is 5.97 Å². The van der Waals surface area contributed by atoms with Crippen molar-refractivity contribution in [3.63, 3.8) is 0 Å². The summed E-state index contributed by atoms with van der Waals surface area (Å²) in [6.45, 7) is 0. The topological polar surface area (TPSA) is 47.9 Å². The first kappa shape index (κ1) is 16.8. The van der Waals surface area contributed by atoms with E-state index < -0.39 is 0 Å². The number of carbonyl (C=O) groups excluding carboxylic acids is 1. The Kier molecular flexibility index (Phi) is 3.93. The quantitative estimate of drug-likeness (QED) is 0.520. The molecule has 0 N–H and O–H groups in total. The van der Waals surface area contributed by atoms with E-state index >= 15 is 0 Å². The lowest BCUT2D eigenvalue weighted by Crippen LogP contribution is -2.50. The van der Waals surface area contributed by atoms with Gasteiger partial charge < -0.3 is 9.57 Å². The van der Waals surface area contributed by atoms with Crippen molar-refractivity contribution in [3.05, 3.63) is 27.7 Å². The summed E-state index contributed by atoms with van der Waals surface area (Å²) in [7, 11) is 1.67. The van der Waals surface area contributed by atoms with Crippen molar-refractivity contribution in [2.75, 3.05) is 7.11 Å².